The lowest BCUT2D eigenvalue weighted by atomic mass is 10.1. The Kier molecular flexibility index (Phi) is 4.29. The topological polar surface area (TPSA) is 43.8 Å². The Hall–Kier alpha value is -2.76. The van der Waals surface area contributed by atoms with Crippen molar-refractivity contribution in [1.82, 2.24) is 9.55 Å². The van der Waals surface area contributed by atoms with Gasteiger partial charge in [0.1, 0.15) is 5.82 Å². The lowest BCUT2D eigenvalue weighted by Gasteiger charge is -2.10. The molecule has 0 aliphatic rings. The van der Waals surface area contributed by atoms with E-state index in [1.165, 1.54) is 12.1 Å². The van der Waals surface area contributed by atoms with Crippen molar-refractivity contribution in [2.24, 2.45) is 0 Å². The van der Waals surface area contributed by atoms with Crippen molar-refractivity contribution in [3.05, 3.63) is 83.4 Å². The molecule has 0 aliphatic carbocycles. The Morgan fingerprint density at radius 2 is 1.54 bits per heavy atom. The maximum absolute atomic E-state index is 12.6. The minimum Gasteiger partial charge on any atom is -0.399 e. The first-order chi connectivity index (χ1) is 11.4. The van der Waals surface area contributed by atoms with Crippen LogP contribution in [-0.2, 0) is 19.1 Å². The van der Waals surface area contributed by atoms with Gasteiger partial charge in [-0.25, -0.2) is 4.98 Å². The number of nitrogen functional groups attached to an aromatic ring is 1. The summed E-state index contributed by atoms with van der Waals surface area (Å²) in [6.45, 7) is 0.475. The van der Waals surface area contributed by atoms with Crippen molar-refractivity contribution in [2.45, 2.75) is 19.1 Å². The summed E-state index contributed by atoms with van der Waals surface area (Å²) in [4.78, 5) is 4.34. The van der Waals surface area contributed by atoms with Crippen LogP contribution in [-0.4, -0.2) is 9.55 Å². The van der Waals surface area contributed by atoms with Crippen molar-refractivity contribution >= 4 is 5.69 Å². The van der Waals surface area contributed by atoms with E-state index < -0.39 is 11.7 Å². The van der Waals surface area contributed by atoms with Crippen LogP contribution < -0.4 is 5.73 Å². The molecular formula is C18H16F3N3. The second kappa shape index (κ2) is 6.39. The third kappa shape index (κ3) is 3.76. The highest BCUT2D eigenvalue weighted by molar-refractivity contribution is 5.40. The van der Waals surface area contributed by atoms with E-state index >= 15 is 0 Å². The van der Waals surface area contributed by atoms with E-state index in [0.717, 1.165) is 29.1 Å². The largest absolute Gasteiger partial charge is 0.416 e. The lowest BCUT2D eigenvalue weighted by molar-refractivity contribution is -0.137. The normalized spacial score (nSPS) is 11.6. The molecule has 0 bridgehead atoms. The van der Waals surface area contributed by atoms with Crippen LogP contribution >= 0.6 is 0 Å². The number of nitrogens with zero attached hydrogens (tertiary/aromatic N) is 2. The number of rotatable bonds is 4. The molecule has 0 radical (unpaired) electrons. The monoisotopic (exact) mass is 331 g/mol. The van der Waals surface area contributed by atoms with Crippen molar-refractivity contribution in [3.63, 3.8) is 0 Å². The van der Waals surface area contributed by atoms with E-state index in [2.05, 4.69) is 4.98 Å². The highest BCUT2D eigenvalue weighted by atomic mass is 19.4. The number of nitrogens with two attached hydrogens (primary N) is 1. The second-order valence-corrected chi connectivity index (χ2v) is 5.58. The molecular weight excluding hydrogens is 315 g/mol. The molecule has 0 saturated carbocycles. The second-order valence-electron chi connectivity index (χ2n) is 5.58. The number of benzene rings is 2. The molecule has 0 spiro atoms. The molecule has 0 amide bonds. The van der Waals surface area contributed by atoms with Crippen LogP contribution in [0.3, 0.4) is 0 Å². The van der Waals surface area contributed by atoms with Crippen LogP contribution in [0.2, 0.25) is 0 Å². The highest BCUT2D eigenvalue weighted by Gasteiger charge is 2.29. The van der Waals surface area contributed by atoms with Crippen molar-refractivity contribution in [3.8, 4) is 0 Å². The third-order valence-corrected chi connectivity index (χ3v) is 3.78. The first-order valence-electron chi connectivity index (χ1n) is 7.42. The van der Waals surface area contributed by atoms with Gasteiger partial charge in [-0.2, -0.15) is 13.2 Å². The molecule has 24 heavy (non-hydrogen) atoms. The van der Waals surface area contributed by atoms with Gasteiger partial charge < -0.3 is 10.3 Å². The maximum atomic E-state index is 12.6. The molecule has 0 unspecified atom stereocenters. The fraction of sp³-hybridized carbons (Fsp3) is 0.167. The zero-order valence-electron chi connectivity index (χ0n) is 12.8. The van der Waals surface area contributed by atoms with Crippen LogP contribution in [0.1, 0.15) is 22.5 Å². The Morgan fingerprint density at radius 3 is 2.17 bits per heavy atom. The first-order valence-corrected chi connectivity index (χ1v) is 7.42. The molecule has 3 nitrogen and oxygen atoms in total. The Labute approximate surface area is 137 Å². The molecule has 1 aromatic heterocycles. The van der Waals surface area contributed by atoms with E-state index in [1.807, 2.05) is 35.0 Å². The summed E-state index contributed by atoms with van der Waals surface area (Å²) >= 11 is 0. The Morgan fingerprint density at radius 1 is 0.917 bits per heavy atom. The number of anilines is 1. The van der Waals surface area contributed by atoms with Gasteiger partial charge in [0.15, 0.2) is 0 Å². The van der Waals surface area contributed by atoms with Gasteiger partial charge in [-0.15, -0.1) is 0 Å². The predicted octanol–water partition coefficient (Wildman–Crippen LogP) is 4.12. The summed E-state index contributed by atoms with van der Waals surface area (Å²) in [5.41, 5.74) is 7.60. The average Bonchev–Trinajstić information content (AvgIpc) is 2.96. The fourth-order valence-electron chi connectivity index (χ4n) is 2.47. The summed E-state index contributed by atoms with van der Waals surface area (Å²) < 4.78 is 39.8. The first kappa shape index (κ1) is 16.1. The summed E-state index contributed by atoms with van der Waals surface area (Å²) in [5.74, 6) is 0.847. The number of imidazole rings is 1. The number of hydrogen-bond donors (Lipinski definition) is 1. The highest BCUT2D eigenvalue weighted by Crippen LogP contribution is 2.29. The molecule has 0 fully saturated rings. The minimum atomic E-state index is -4.31. The Bertz CT molecular complexity index is 803. The van der Waals surface area contributed by atoms with Gasteiger partial charge in [-0.1, -0.05) is 24.3 Å². The van der Waals surface area contributed by atoms with Gasteiger partial charge in [-0.05, 0) is 35.4 Å². The van der Waals surface area contributed by atoms with Gasteiger partial charge in [-0.3, -0.25) is 0 Å². The fourth-order valence-corrected chi connectivity index (χ4v) is 2.47. The van der Waals surface area contributed by atoms with Gasteiger partial charge in [0.05, 0.1) is 5.56 Å². The average molecular weight is 331 g/mol. The molecule has 2 N–H and O–H groups in total. The summed E-state index contributed by atoms with van der Waals surface area (Å²) in [5, 5.41) is 0. The van der Waals surface area contributed by atoms with Gasteiger partial charge in [0, 0.05) is 31.0 Å². The smallest absolute Gasteiger partial charge is 0.399 e. The van der Waals surface area contributed by atoms with Crippen LogP contribution in [0.15, 0.2) is 60.9 Å². The zero-order valence-corrected chi connectivity index (χ0v) is 12.8. The van der Waals surface area contributed by atoms with E-state index in [1.54, 1.807) is 6.20 Å². The number of aromatic nitrogens is 2. The van der Waals surface area contributed by atoms with Crippen LogP contribution in [0.25, 0.3) is 0 Å². The molecule has 1 heterocycles. The molecule has 2 aromatic carbocycles. The minimum absolute atomic E-state index is 0.475. The Balaban J connectivity index is 1.74. The molecule has 0 atom stereocenters. The predicted molar refractivity (Wildman–Crippen MR) is 86.4 cm³/mol. The molecule has 0 saturated heterocycles. The summed E-state index contributed by atoms with van der Waals surface area (Å²) in [6.07, 6.45) is -0.164. The summed E-state index contributed by atoms with van der Waals surface area (Å²) in [6, 6.07) is 12.7. The van der Waals surface area contributed by atoms with Gasteiger partial charge in [0.25, 0.3) is 0 Å². The van der Waals surface area contributed by atoms with Crippen molar-refractivity contribution in [1.29, 1.82) is 0 Å². The van der Waals surface area contributed by atoms with Crippen LogP contribution in [0, 0.1) is 0 Å². The standard InChI is InChI=1S/C18H16F3N3/c19-18(20,21)15-5-1-14(2-6-15)12-24-10-9-23-17(24)11-13-3-7-16(22)8-4-13/h1-10H,11-12,22H2. The SMILES string of the molecule is Nc1ccc(Cc2nccn2Cc2ccc(C(F)(F)F)cc2)cc1. The molecule has 3 aromatic rings. The maximum Gasteiger partial charge on any atom is 0.416 e. The van der Waals surface area contributed by atoms with Crippen LogP contribution in [0.5, 0.6) is 0 Å². The van der Waals surface area contributed by atoms with Gasteiger partial charge >= 0.3 is 6.18 Å². The van der Waals surface area contributed by atoms with Crippen molar-refractivity contribution < 1.29 is 13.2 Å². The number of alkyl halides is 3. The third-order valence-electron chi connectivity index (χ3n) is 3.78. The van der Waals surface area contributed by atoms with E-state index in [9.17, 15) is 13.2 Å². The lowest BCUT2D eigenvalue weighted by Crippen LogP contribution is -2.07. The van der Waals surface area contributed by atoms with Crippen LogP contribution in [0.4, 0.5) is 18.9 Å². The van der Waals surface area contributed by atoms with E-state index in [4.69, 9.17) is 5.73 Å². The molecule has 3 rings (SSSR count). The summed E-state index contributed by atoms with van der Waals surface area (Å²) in [7, 11) is 0. The molecule has 6 heteroatoms. The molecule has 124 valence electrons. The van der Waals surface area contributed by atoms with Gasteiger partial charge in [0.2, 0.25) is 0 Å². The zero-order chi connectivity index (χ0) is 17.2. The van der Waals surface area contributed by atoms with E-state index in [0.29, 0.717) is 18.7 Å². The van der Waals surface area contributed by atoms with E-state index in [-0.39, 0.29) is 0 Å². The van der Waals surface area contributed by atoms with Crippen molar-refractivity contribution in [2.75, 3.05) is 5.73 Å². The number of hydrogen-bond acceptors (Lipinski definition) is 2. The number of halogens is 3. The molecule has 0 aliphatic heterocycles. The quantitative estimate of drug-likeness (QED) is 0.731.